The van der Waals surface area contributed by atoms with E-state index in [0.717, 1.165) is 25.6 Å². The van der Waals surface area contributed by atoms with Crippen LogP contribution in [0.15, 0.2) is 60.9 Å². The number of carbonyl (C=O) groups is 1. The van der Waals surface area contributed by atoms with Crippen molar-refractivity contribution in [3.63, 3.8) is 0 Å². The molecular formula is C24H18AsClN5O3. The Bertz CT molecular complexity index is 1440. The molecule has 0 atom stereocenters. The molecule has 0 unspecified atom stereocenters. The van der Waals surface area contributed by atoms with Gasteiger partial charge in [0.15, 0.2) is 0 Å². The number of nitrogens with zero attached hydrogens (tertiary/aromatic N) is 4. The summed E-state index contributed by atoms with van der Waals surface area (Å²) in [5.41, 5.74) is 3.15. The van der Waals surface area contributed by atoms with E-state index >= 15 is 0 Å². The number of aromatic nitrogens is 3. The Morgan fingerprint density at radius 3 is 2.91 bits per heavy atom. The zero-order valence-corrected chi connectivity index (χ0v) is 20.6. The van der Waals surface area contributed by atoms with Crippen LogP contribution in [0.2, 0.25) is 5.02 Å². The maximum atomic E-state index is 10.6. The average molecular weight is 535 g/mol. The van der Waals surface area contributed by atoms with Gasteiger partial charge in [-0.2, -0.15) is 0 Å². The molecule has 10 heteroatoms. The molecule has 0 saturated heterocycles. The van der Waals surface area contributed by atoms with Gasteiger partial charge in [-0.3, -0.25) is 0 Å². The SMILES string of the molecule is Cn1c(/C=C/CNC(=O)O)cc2ncnc([As]c3ccc(Oc4cccc(C#N)c4)c(Cl)c3)c21. The van der Waals surface area contributed by atoms with Crippen LogP contribution in [0.3, 0.4) is 0 Å². The first-order chi connectivity index (χ1) is 16.4. The Morgan fingerprint density at radius 1 is 1.29 bits per heavy atom. The number of fused-ring (bicyclic) bond motifs is 1. The van der Waals surface area contributed by atoms with E-state index in [4.69, 9.17) is 26.7 Å². The molecule has 2 aromatic carbocycles. The van der Waals surface area contributed by atoms with Crippen LogP contribution in [0.5, 0.6) is 11.5 Å². The van der Waals surface area contributed by atoms with Gasteiger partial charge in [0.2, 0.25) is 0 Å². The Hall–Kier alpha value is -3.79. The molecular weight excluding hydrogens is 517 g/mol. The van der Waals surface area contributed by atoms with Crippen LogP contribution in [-0.4, -0.2) is 48.0 Å². The van der Waals surface area contributed by atoms with E-state index in [0.29, 0.717) is 22.1 Å². The van der Waals surface area contributed by atoms with Crippen molar-refractivity contribution in [1.29, 1.82) is 5.26 Å². The van der Waals surface area contributed by atoms with E-state index in [1.807, 2.05) is 42.0 Å². The Kier molecular flexibility index (Phi) is 7.17. The topological polar surface area (TPSA) is 113 Å². The summed E-state index contributed by atoms with van der Waals surface area (Å²) in [6.45, 7) is 0.217. The summed E-state index contributed by atoms with van der Waals surface area (Å²) in [5.74, 6) is 1.05. The second-order valence-corrected chi connectivity index (χ2v) is 9.96. The average Bonchev–Trinajstić information content (AvgIpc) is 3.15. The van der Waals surface area contributed by atoms with Crippen LogP contribution >= 0.6 is 11.6 Å². The number of nitrogens with one attached hydrogen (secondary N) is 1. The number of benzene rings is 2. The van der Waals surface area contributed by atoms with Crippen LogP contribution in [-0.2, 0) is 7.05 Å². The van der Waals surface area contributed by atoms with Crippen molar-refractivity contribution >= 4 is 59.4 Å². The predicted molar refractivity (Wildman–Crippen MR) is 131 cm³/mol. The molecule has 4 aromatic rings. The molecule has 34 heavy (non-hydrogen) atoms. The van der Waals surface area contributed by atoms with Crippen molar-refractivity contribution in [3.8, 4) is 17.6 Å². The number of amides is 1. The van der Waals surface area contributed by atoms with Crippen molar-refractivity contribution in [1.82, 2.24) is 19.9 Å². The number of hydrogen-bond acceptors (Lipinski definition) is 5. The first-order valence-electron chi connectivity index (χ1n) is 10.1. The van der Waals surface area contributed by atoms with Gasteiger partial charge in [0.05, 0.1) is 0 Å². The number of halogens is 1. The number of ether oxygens (including phenoxy) is 1. The van der Waals surface area contributed by atoms with E-state index in [2.05, 4.69) is 21.4 Å². The number of aryl methyl sites for hydroxylation is 1. The van der Waals surface area contributed by atoms with E-state index in [1.54, 1.807) is 36.7 Å². The summed E-state index contributed by atoms with van der Waals surface area (Å²) >= 11 is 6.00. The fourth-order valence-electron chi connectivity index (χ4n) is 3.26. The van der Waals surface area contributed by atoms with Crippen molar-refractivity contribution in [3.05, 3.63) is 77.2 Å². The molecule has 0 aliphatic heterocycles. The summed E-state index contributed by atoms with van der Waals surface area (Å²) in [5, 5.41) is 20.5. The Morgan fingerprint density at radius 2 is 2.15 bits per heavy atom. The third kappa shape index (κ3) is 5.40. The standard InChI is InChI=1S/C24H18AsClN5O3/c1-31-17(5-3-9-28-24(32)33)12-20-22(31)23(30-14-29-20)25-16-7-8-21(19(26)11-16)34-18-6-2-4-15(10-18)13-27/h2-8,10-12,14,28H,9H2,1H3,(H,32,33)/b5-3+. The molecule has 0 bridgehead atoms. The van der Waals surface area contributed by atoms with Crippen molar-refractivity contribution in [2.75, 3.05) is 6.54 Å². The Labute approximate surface area is 207 Å². The van der Waals surface area contributed by atoms with Crippen molar-refractivity contribution in [2.45, 2.75) is 0 Å². The second-order valence-electron chi connectivity index (χ2n) is 7.12. The van der Waals surface area contributed by atoms with Gasteiger partial charge in [0, 0.05) is 0 Å². The van der Waals surface area contributed by atoms with E-state index in [-0.39, 0.29) is 6.54 Å². The molecule has 0 aliphatic carbocycles. The van der Waals surface area contributed by atoms with Gasteiger partial charge in [-0.1, -0.05) is 0 Å². The summed E-state index contributed by atoms with van der Waals surface area (Å²) in [4.78, 5) is 19.5. The van der Waals surface area contributed by atoms with Crippen LogP contribution < -0.4 is 18.9 Å². The molecule has 0 saturated carbocycles. The molecule has 0 spiro atoms. The summed E-state index contributed by atoms with van der Waals surface area (Å²) < 4.78 is 9.83. The van der Waals surface area contributed by atoms with E-state index < -0.39 is 21.8 Å². The van der Waals surface area contributed by atoms with Crippen LogP contribution in [0.25, 0.3) is 17.1 Å². The van der Waals surface area contributed by atoms with Gasteiger partial charge >= 0.3 is 208 Å². The van der Waals surface area contributed by atoms with E-state index in [9.17, 15) is 4.79 Å². The normalized spacial score (nSPS) is 11.3. The van der Waals surface area contributed by atoms with Gasteiger partial charge in [-0.15, -0.1) is 0 Å². The monoisotopic (exact) mass is 534 g/mol. The molecule has 4 rings (SSSR count). The van der Waals surface area contributed by atoms with Crippen LogP contribution in [0.4, 0.5) is 4.79 Å². The fraction of sp³-hybridized carbons (Fsp3) is 0.0833. The summed E-state index contributed by atoms with van der Waals surface area (Å²) in [7, 11) is 1.93. The zero-order valence-electron chi connectivity index (χ0n) is 17.9. The van der Waals surface area contributed by atoms with Gasteiger partial charge in [0.1, 0.15) is 0 Å². The molecule has 0 aliphatic rings. The van der Waals surface area contributed by atoms with Gasteiger partial charge in [-0.25, -0.2) is 0 Å². The van der Waals surface area contributed by atoms with E-state index in [1.165, 1.54) is 0 Å². The molecule has 2 aromatic heterocycles. The van der Waals surface area contributed by atoms with Gasteiger partial charge in [0.25, 0.3) is 0 Å². The number of nitriles is 1. The van der Waals surface area contributed by atoms with Crippen molar-refractivity contribution < 1.29 is 14.6 Å². The zero-order chi connectivity index (χ0) is 24.1. The third-order valence-corrected chi connectivity index (χ3v) is 7.39. The number of rotatable bonds is 7. The van der Waals surface area contributed by atoms with Crippen LogP contribution in [0, 0.1) is 11.3 Å². The van der Waals surface area contributed by atoms with Crippen LogP contribution in [0.1, 0.15) is 11.3 Å². The quantitative estimate of drug-likeness (QED) is 0.352. The molecule has 8 nitrogen and oxygen atoms in total. The first kappa shape index (κ1) is 23.4. The Balaban J connectivity index is 1.55. The first-order valence-corrected chi connectivity index (χ1v) is 12.3. The maximum absolute atomic E-state index is 10.6. The molecule has 0 fully saturated rings. The predicted octanol–water partition coefficient (Wildman–Crippen LogP) is 3.22. The summed E-state index contributed by atoms with van der Waals surface area (Å²) in [6, 6.07) is 16.6. The fourth-order valence-corrected chi connectivity index (χ4v) is 5.89. The van der Waals surface area contributed by atoms with Gasteiger partial charge in [-0.05, 0) is 0 Å². The number of hydrogen-bond donors (Lipinski definition) is 2. The molecule has 169 valence electrons. The third-order valence-electron chi connectivity index (χ3n) is 4.84. The number of carboxylic acid groups (broad SMARTS) is 1. The minimum atomic E-state index is -1.07. The molecule has 1 amide bonds. The second kappa shape index (κ2) is 10.4. The minimum absolute atomic E-state index is 0.217. The molecule has 2 heterocycles. The van der Waals surface area contributed by atoms with Gasteiger partial charge < -0.3 is 0 Å². The van der Waals surface area contributed by atoms with Crippen molar-refractivity contribution in [2.24, 2.45) is 7.05 Å². The molecule has 1 radical (unpaired) electrons. The molecule has 2 N–H and O–H groups in total. The summed E-state index contributed by atoms with van der Waals surface area (Å²) in [6.07, 6.45) is 4.08.